The Hall–Kier alpha value is -2.10. The summed E-state index contributed by atoms with van der Waals surface area (Å²) >= 11 is 0. The molecule has 0 bridgehead atoms. The molecule has 2 aromatic rings. The second-order valence-electron chi connectivity index (χ2n) is 5.53. The molecule has 0 atom stereocenters. The zero-order valence-corrected chi connectivity index (χ0v) is 12.3. The van der Waals surface area contributed by atoms with Crippen LogP contribution < -0.4 is 10.3 Å². The average molecular weight is 284 g/mol. The number of aryl methyl sites for hydroxylation is 1. The van der Waals surface area contributed by atoms with Crippen molar-refractivity contribution < 1.29 is 4.74 Å². The molecule has 3 rings (SSSR count). The van der Waals surface area contributed by atoms with E-state index in [9.17, 15) is 4.79 Å². The Morgan fingerprint density at radius 3 is 2.95 bits per heavy atom. The topological polar surface area (TPSA) is 55.0 Å². The number of hydrogen-bond donors (Lipinski definition) is 1. The molecule has 0 saturated heterocycles. The fraction of sp³-hybridized carbons (Fsp3) is 0.412. The highest BCUT2D eigenvalue weighted by Crippen LogP contribution is 2.18. The number of nitrogens with zero attached hydrogens (tertiary/aromatic N) is 1. The van der Waals surface area contributed by atoms with Crippen LogP contribution in [0.25, 0.3) is 0 Å². The standard InChI is InChI=1S/C17H20N2O2/c1-21-13-7-5-6-12(10-13)11-16-18-15-9-4-2-3-8-14(15)17(20)19-16/h5-7,10H,2-4,8-9,11H2,1H3,(H,18,19,20). The van der Waals surface area contributed by atoms with Crippen molar-refractivity contribution in [1.29, 1.82) is 0 Å². The quantitative estimate of drug-likeness (QED) is 0.882. The summed E-state index contributed by atoms with van der Waals surface area (Å²) in [6, 6.07) is 7.87. The molecule has 0 saturated carbocycles. The fourth-order valence-electron chi connectivity index (χ4n) is 2.89. The van der Waals surface area contributed by atoms with E-state index in [1.165, 1.54) is 6.42 Å². The minimum absolute atomic E-state index is 0.0415. The van der Waals surface area contributed by atoms with E-state index in [0.717, 1.165) is 54.1 Å². The summed E-state index contributed by atoms with van der Waals surface area (Å²) in [6.45, 7) is 0. The predicted molar refractivity (Wildman–Crippen MR) is 81.9 cm³/mol. The second-order valence-corrected chi connectivity index (χ2v) is 5.53. The second kappa shape index (κ2) is 6.12. The fourth-order valence-corrected chi connectivity index (χ4v) is 2.89. The molecule has 0 unspecified atom stereocenters. The lowest BCUT2D eigenvalue weighted by Crippen LogP contribution is -2.19. The van der Waals surface area contributed by atoms with Crippen LogP contribution in [-0.2, 0) is 19.3 Å². The Morgan fingerprint density at radius 2 is 2.10 bits per heavy atom. The molecule has 0 radical (unpaired) electrons. The number of hydrogen-bond acceptors (Lipinski definition) is 3. The molecule has 0 aliphatic heterocycles. The van der Waals surface area contributed by atoms with E-state index in [4.69, 9.17) is 4.74 Å². The first kappa shape index (κ1) is 13.9. The van der Waals surface area contributed by atoms with Crippen LogP contribution in [0.5, 0.6) is 5.75 Å². The van der Waals surface area contributed by atoms with Gasteiger partial charge < -0.3 is 9.72 Å². The maximum atomic E-state index is 12.2. The van der Waals surface area contributed by atoms with Crippen LogP contribution in [0.4, 0.5) is 0 Å². The number of H-pyrrole nitrogens is 1. The van der Waals surface area contributed by atoms with Gasteiger partial charge in [0.25, 0.3) is 5.56 Å². The van der Waals surface area contributed by atoms with Gasteiger partial charge in [-0.15, -0.1) is 0 Å². The summed E-state index contributed by atoms with van der Waals surface area (Å²) in [7, 11) is 1.65. The average Bonchev–Trinajstić information content (AvgIpc) is 2.73. The minimum atomic E-state index is 0.0415. The van der Waals surface area contributed by atoms with Crippen LogP contribution in [-0.4, -0.2) is 17.1 Å². The number of aromatic amines is 1. The Balaban J connectivity index is 1.90. The van der Waals surface area contributed by atoms with Crippen molar-refractivity contribution in [3.63, 3.8) is 0 Å². The highest BCUT2D eigenvalue weighted by atomic mass is 16.5. The molecule has 1 heterocycles. The predicted octanol–water partition coefficient (Wildman–Crippen LogP) is 2.64. The largest absolute Gasteiger partial charge is 0.497 e. The molecule has 0 amide bonds. The van der Waals surface area contributed by atoms with E-state index in [1.54, 1.807) is 7.11 Å². The molecule has 1 aliphatic carbocycles. The number of rotatable bonds is 3. The first-order valence-corrected chi connectivity index (χ1v) is 7.50. The summed E-state index contributed by atoms with van der Waals surface area (Å²) in [5.74, 6) is 1.57. The summed E-state index contributed by atoms with van der Waals surface area (Å²) in [4.78, 5) is 19.9. The molecule has 0 spiro atoms. The van der Waals surface area contributed by atoms with E-state index in [-0.39, 0.29) is 5.56 Å². The Kier molecular flexibility index (Phi) is 4.04. The van der Waals surface area contributed by atoms with Gasteiger partial charge in [0.1, 0.15) is 11.6 Å². The van der Waals surface area contributed by atoms with Gasteiger partial charge in [-0.25, -0.2) is 4.98 Å². The highest BCUT2D eigenvalue weighted by Gasteiger charge is 2.14. The molecule has 4 heteroatoms. The van der Waals surface area contributed by atoms with Gasteiger partial charge in [-0.2, -0.15) is 0 Å². The zero-order valence-electron chi connectivity index (χ0n) is 12.3. The van der Waals surface area contributed by atoms with Crippen molar-refractivity contribution in [1.82, 2.24) is 9.97 Å². The van der Waals surface area contributed by atoms with Crippen LogP contribution in [0, 0.1) is 0 Å². The molecule has 21 heavy (non-hydrogen) atoms. The van der Waals surface area contributed by atoms with Crippen LogP contribution in [0.3, 0.4) is 0 Å². The van der Waals surface area contributed by atoms with Gasteiger partial charge in [0.2, 0.25) is 0 Å². The Bertz CT molecular complexity index is 691. The maximum Gasteiger partial charge on any atom is 0.254 e. The molecule has 0 fully saturated rings. The SMILES string of the molecule is COc1cccc(Cc2nc3c(c(=O)[nH]2)CCCCC3)c1. The molecule has 4 nitrogen and oxygen atoms in total. The van der Waals surface area contributed by atoms with E-state index in [1.807, 2.05) is 24.3 Å². The summed E-state index contributed by atoms with van der Waals surface area (Å²) < 4.78 is 5.23. The third kappa shape index (κ3) is 3.15. The maximum absolute atomic E-state index is 12.2. The lowest BCUT2D eigenvalue weighted by Gasteiger charge is -2.08. The van der Waals surface area contributed by atoms with Crippen molar-refractivity contribution >= 4 is 0 Å². The number of fused-ring (bicyclic) bond motifs is 1. The molecule has 1 aromatic carbocycles. The first-order chi connectivity index (χ1) is 10.3. The summed E-state index contributed by atoms with van der Waals surface area (Å²) in [6.07, 6.45) is 5.80. The molecule has 1 N–H and O–H groups in total. The van der Waals surface area contributed by atoms with Crippen LogP contribution in [0.2, 0.25) is 0 Å². The van der Waals surface area contributed by atoms with E-state index >= 15 is 0 Å². The van der Waals surface area contributed by atoms with E-state index in [2.05, 4.69) is 9.97 Å². The van der Waals surface area contributed by atoms with Gasteiger partial charge in [0, 0.05) is 12.0 Å². The summed E-state index contributed by atoms with van der Waals surface area (Å²) in [5, 5.41) is 0. The molecule has 1 aromatic heterocycles. The van der Waals surface area contributed by atoms with Gasteiger partial charge >= 0.3 is 0 Å². The smallest absolute Gasteiger partial charge is 0.254 e. The zero-order chi connectivity index (χ0) is 14.7. The molecule has 110 valence electrons. The monoisotopic (exact) mass is 284 g/mol. The number of aromatic nitrogens is 2. The highest BCUT2D eigenvalue weighted by molar-refractivity contribution is 5.30. The van der Waals surface area contributed by atoms with Crippen molar-refractivity contribution in [3.05, 3.63) is 57.3 Å². The van der Waals surface area contributed by atoms with Crippen molar-refractivity contribution in [3.8, 4) is 5.75 Å². The Labute approximate surface area is 124 Å². The number of benzene rings is 1. The summed E-state index contributed by atoms with van der Waals surface area (Å²) in [5.41, 5.74) is 3.02. The van der Waals surface area contributed by atoms with Gasteiger partial charge in [0.05, 0.1) is 12.8 Å². The van der Waals surface area contributed by atoms with Gasteiger partial charge in [0.15, 0.2) is 0 Å². The molecular weight excluding hydrogens is 264 g/mol. The van der Waals surface area contributed by atoms with Crippen molar-refractivity contribution in [2.24, 2.45) is 0 Å². The normalized spacial score (nSPS) is 14.3. The lowest BCUT2D eigenvalue weighted by atomic mass is 10.1. The number of nitrogens with one attached hydrogen (secondary N) is 1. The third-order valence-electron chi connectivity index (χ3n) is 4.00. The van der Waals surface area contributed by atoms with E-state index in [0.29, 0.717) is 6.42 Å². The molecule has 1 aliphatic rings. The van der Waals surface area contributed by atoms with Gasteiger partial charge in [-0.1, -0.05) is 18.6 Å². The van der Waals surface area contributed by atoms with Crippen molar-refractivity contribution in [2.75, 3.05) is 7.11 Å². The van der Waals surface area contributed by atoms with Crippen LogP contribution >= 0.6 is 0 Å². The van der Waals surface area contributed by atoms with Gasteiger partial charge in [-0.05, 0) is 43.4 Å². The first-order valence-electron chi connectivity index (χ1n) is 7.50. The van der Waals surface area contributed by atoms with Crippen molar-refractivity contribution in [2.45, 2.75) is 38.5 Å². The van der Waals surface area contributed by atoms with Crippen LogP contribution in [0.1, 0.15) is 41.9 Å². The van der Waals surface area contributed by atoms with E-state index < -0.39 is 0 Å². The Morgan fingerprint density at radius 1 is 1.24 bits per heavy atom. The van der Waals surface area contributed by atoms with Crippen LogP contribution in [0.15, 0.2) is 29.1 Å². The molecular formula is C17H20N2O2. The lowest BCUT2D eigenvalue weighted by molar-refractivity contribution is 0.414. The minimum Gasteiger partial charge on any atom is -0.497 e. The third-order valence-corrected chi connectivity index (χ3v) is 4.00. The number of methoxy groups -OCH3 is 1. The number of ether oxygens (including phenoxy) is 1. The van der Waals surface area contributed by atoms with Gasteiger partial charge in [-0.3, -0.25) is 4.79 Å².